The molecule has 158 valence electrons. The van der Waals surface area contributed by atoms with E-state index < -0.39 is 42.0 Å². The molecule has 0 aliphatic carbocycles. The Morgan fingerprint density at radius 1 is 1.31 bits per heavy atom. The number of nitrogens with one attached hydrogen (secondary N) is 2. The third kappa shape index (κ3) is 5.90. The molecule has 0 spiro atoms. The number of halogens is 1. The Morgan fingerprint density at radius 3 is 2.59 bits per heavy atom. The van der Waals surface area contributed by atoms with Crippen LogP contribution in [0.5, 0.6) is 0 Å². The second-order valence-electron chi connectivity index (χ2n) is 7.57. The molecule has 1 fully saturated rings. The van der Waals surface area contributed by atoms with Gasteiger partial charge in [0.05, 0.1) is 5.02 Å². The van der Waals surface area contributed by atoms with Crippen LogP contribution in [0.3, 0.4) is 0 Å². The van der Waals surface area contributed by atoms with Crippen molar-refractivity contribution in [1.29, 1.82) is 0 Å². The molecule has 2 N–H and O–H groups in total. The van der Waals surface area contributed by atoms with E-state index in [2.05, 4.69) is 15.6 Å². The van der Waals surface area contributed by atoms with Gasteiger partial charge >= 0.3 is 12.0 Å². The molecule has 1 aromatic rings. The predicted molar refractivity (Wildman–Crippen MR) is 106 cm³/mol. The van der Waals surface area contributed by atoms with Crippen LogP contribution >= 0.6 is 11.6 Å². The molecule has 1 aliphatic heterocycles. The fourth-order valence-electron chi connectivity index (χ4n) is 2.73. The number of anilines is 1. The first-order chi connectivity index (χ1) is 13.5. The van der Waals surface area contributed by atoms with Crippen LogP contribution in [-0.2, 0) is 19.1 Å². The van der Waals surface area contributed by atoms with Crippen LogP contribution in [0.1, 0.15) is 40.5 Å². The summed E-state index contributed by atoms with van der Waals surface area (Å²) in [4.78, 5) is 53.8. The van der Waals surface area contributed by atoms with E-state index in [9.17, 15) is 19.2 Å². The Labute approximate surface area is 174 Å². The average molecular weight is 425 g/mol. The topological polar surface area (TPSA) is 118 Å². The first-order valence-corrected chi connectivity index (χ1v) is 9.65. The van der Waals surface area contributed by atoms with Crippen LogP contribution in [0.4, 0.5) is 10.6 Å². The van der Waals surface area contributed by atoms with E-state index in [1.165, 1.54) is 19.2 Å². The van der Waals surface area contributed by atoms with Crippen LogP contribution in [-0.4, -0.2) is 51.9 Å². The fourth-order valence-corrected chi connectivity index (χ4v) is 2.84. The normalized spacial score (nSPS) is 19.9. The van der Waals surface area contributed by atoms with E-state index in [0.717, 1.165) is 11.3 Å². The number of imide groups is 1. The summed E-state index contributed by atoms with van der Waals surface area (Å²) in [5.41, 5.74) is -1.05. The Hall–Kier alpha value is -2.68. The van der Waals surface area contributed by atoms with Gasteiger partial charge in [0, 0.05) is 6.20 Å². The Morgan fingerprint density at radius 2 is 2.00 bits per heavy atom. The molecule has 0 aromatic carbocycles. The standard InChI is InChI=1S/C19H25ClN4O5/c1-11(2)7-8-19(4)17(27)24(18(28)23-19)10-15(25)29-12(3)16(26)22-14-6-5-13(20)9-21-14/h5-6,9,11-12H,7-8,10H2,1-4H3,(H,23,28)(H,21,22,26)/t12-,19-/m0/s1. The summed E-state index contributed by atoms with van der Waals surface area (Å²) in [5.74, 6) is -1.34. The van der Waals surface area contributed by atoms with Crippen molar-refractivity contribution < 1.29 is 23.9 Å². The molecule has 4 amide bonds. The van der Waals surface area contributed by atoms with Crippen LogP contribution in [0.15, 0.2) is 18.3 Å². The molecule has 1 aromatic heterocycles. The SMILES string of the molecule is CC(C)CC[C@]1(C)NC(=O)N(CC(=O)O[C@@H](C)C(=O)Nc2ccc(Cl)cn2)C1=O. The lowest BCUT2D eigenvalue weighted by molar-refractivity contribution is -0.155. The number of aromatic nitrogens is 1. The van der Waals surface area contributed by atoms with E-state index in [0.29, 0.717) is 17.4 Å². The van der Waals surface area contributed by atoms with Crippen molar-refractivity contribution in [3.05, 3.63) is 23.4 Å². The molecule has 29 heavy (non-hydrogen) atoms. The monoisotopic (exact) mass is 424 g/mol. The van der Waals surface area contributed by atoms with E-state index in [1.807, 2.05) is 13.8 Å². The van der Waals surface area contributed by atoms with Gasteiger partial charge in [-0.25, -0.2) is 9.78 Å². The summed E-state index contributed by atoms with van der Waals surface area (Å²) in [6.07, 6.45) is 1.43. The van der Waals surface area contributed by atoms with Gasteiger partial charge in [-0.05, 0) is 44.7 Å². The van der Waals surface area contributed by atoms with Gasteiger partial charge in [0.2, 0.25) is 0 Å². The number of urea groups is 1. The molecule has 0 radical (unpaired) electrons. The van der Waals surface area contributed by atoms with Crippen molar-refractivity contribution >= 4 is 41.2 Å². The summed E-state index contributed by atoms with van der Waals surface area (Å²) < 4.78 is 5.05. The second-order valence-corrected chi connectivity index (χ2v) is 8.01. The summed E-state index contributed by atoms with van der Waals surface area (Å²) in [7, 11) is 0. The zero-order valence-corrected chi connectivity index (χ0v) is 17.6. The summed E-state index contributed by atoms with van der Waals surface area (Å²) in [6, 6.07) is 2.40. The smallest absolute Gasteiger partial charge is 0.327 e. The maximum absolute atomic E-state index is 12.6. The maximum Gasteiger partial charge on any atom is 0.327 e. The molecule has 9 nitrogen and oxygen atoms in total. The number of esters is 1. The maximum atomic E-state index is 12.6. The lowest BCUT2D eigenvalue weighted by Crippen LogP contribution is -2.44. The highest BCUT2D eigenvalue weighted by Gasteiger charge is 2.48. The quantitative estimate of drug-likeness (QED) is 0.488. The Bertz CT molecular complexity index is 798. The predicted octanol–water partition coefficient (Wildman–Crippen LogP) is 2.35. The molecule has 1 saturated heterocycles. The number of carbonyl (C=O) groups is 4. The average Bonchev–Trinajstić information content (AvgIpc) is 2.85. The molecular formula is C19H25ClN4O5. The van der Waals surface area contributed by atoms with Gasteiger partial charge in [0.25, 0.3) is 11.8 Å². The number of hydrogen-bond acceptors (Lipinski definition) is 6. The van der Waals surface area contributed by atoms with Crippen molar-refractivity contribution in [1.82, 2.24) is 15.2 Å². The van der Waals surface area contributed by atoms with Gasteiger partial charge in [0.1, 0.15) is 17.9 Å². The summed E-state index contributed by atoms with van der Waals surface area (Å²) >= 11 is 5.73. The third-order valence-corrected chi connectivity index (χ3v) is 4.73. The van der Waals surface area contributed by atoms with E-state index in [4.69, 9.17) is 16.3 Å². The van der Waals surface area contributed by atoms with Gasteiger partial charge in [-0.3, -0.25) is 19.3 Å². The molecule has 1 aliphatic rings. The number of amides is 4. The van der Waals surface area contributed by atoms with Crippen molar-refractivity contribution in [3.63, 3.8) is 0 Å². The highest BCUT2D eigenvalue weighted by atomic mass is 35.5. The molecule has 2 heterocycles. The number of carbonyl (C=O) groups excluding carboxylic acids is 4. The second kappa shape index (κ2) is 9.21. The van der Waals surface area contributed by atoms with Gasteiger partial charge in [0.15, 0.2) is 6.10 Å². The molecule has 10 heteroatoms. The van der Waals surface area contributed by atoms with Gasteiger partial charge < -0.3 is 15.4 Å². The van der Waals surface area contributed by atoms with Crippen molar-refractivity contribution in [3.8, 4) is 0 Å². The fraction of sp³-hybridized carbons (Fsp3) is 0.526. The van der Waals surface area contributed by atoms with Crippen molar-refractivity contribution in [2.45, 2.75) is 52.2 Å². The van der Waals surface area contributed by atoms with Crippen molar-refractivity contribution in [2.24, 2.45) is 5.92 Å². The molecule has 0 saturated carbocycles. The number of rotatable bonds is 8. The number of nitrogens with zero attached hydrogens (tertiary/aromatic N) is 2. The van der Waals surface area contributed by atoms with Crippen LogP contribution < -0.4 is 10.6 Å². The Kier molecular flexibility index (Phi) is 7.18. The minimum atomic E-state index is -1.15. The van der Waals surface area contributed by atoms with E-state index in [1.54, 1.807) is 13.0 Å². The summed E-state index contributed by atoms with van der Waals surface area (Å²) in [5, 5.41) is 5.53. The van der Waals surface area contributed by atoms with E-state index >= 15 is 0 Å². The number of ether oxygens (including phenoxy) is 1. The third-order valence-electron chi connectivity index (χ3n) is 4.51. The van der Waals surface area contributed by atoms with Crippen LogP contribution in [0.25, 0.3) is 0 Å². The minimum Gasteiger partial charge on any atom is -0.451 e. The van der Waals surface area contributed by atoms with Gasteiger partial charge in [-0.2, -0.15) is 0 Å². The van der Waals surface area contributed by atoms with Crippen LogP contribution in [0.2, 0.25) is 5.02 Å². The molecule has 2 rings (SSSR count). The number of pyridine rings is 1. The highest BCUT2D eigenvalue weighted by Crippen LogP contribution is 2.24. The van der Waals surface area contributed by atoms with Gasteiger partial charge in [-0.1, -0.05) is 25.4 Å². The lowest BCUT2D eigenvalue weighted by Gasteiger charge is -2.22. The zero-order valence-electron chi connectivity index (χ0n) is 16.8. The summed E-state index contributed by atoms with van der Waals surface area (Å²) in [6.45, 7) is 6.48. The minimum absolute atomic E-state index is 0.248. The molecule has 2 atom stereocenters. The van der Waals surface area contributed by atoms with Crippen molar-refractivity contribution in [2.75, 3.05) is 11.9 Å². The molecular weight excluding hydrogens is 400 g/mol. The zero-order chi connectivity index (χ0) is 21.8. The largest absolute Gasteiger partial charge is 0.451 e. The first-order valence-electron chi connectivity index (χ1n) is 9.28. The Balaban J connectivity index is 1.90. The first kappa shape index (κ1) is 22.6. The molecule has 0 bridgehead atoms. The van der Waals surface area contributed by atoms with Crippen LogP contribution in [0, 0.1) is 5.92 Å². The lowest BCUT2D eigenvalue weighted by atomic mass is 9.92. The van der Waals surface area contributed by atoms with E-state index in [-0.39, 0.29) is 5.82 Å². The highest BCUT2D eigenvalue weighted by molar-refractivity contribution is 6.30. The molecule has 0 unspecified atom stereocenters. The number of hydrogen-bond donors (Lipinski definition) is 2. The van der Waals surface area contributed by atoms with Gasteiger partial charge in [-0.15, -0.1) is 0 Å².